The Kier molecular flexibility index (Phi) is 15.1. The van der Waals surface area contributed by atoms with E-state index in [1.807, 2.05) is 6.08 Å². The average Bonchev–Trinajstić information content (AvgIpc) is 2.50. The van der Waals surface area contributed by atoms with Gasteiger partial charge in [0.05, 0.1) is 5.70 Å². The first-order valence-electron chi connectivity index (χ1n) is 9.16. The lowest BCUT2D eigenvalue weighted by Gasteiger charge is -2.13. The number of hydrogen-bond donors (Lipinski definition) is 3. The van der Waals surface area contributed by atoms with Crippen molar-refractivity contribution in [1.29, 1.82) is 0 Å². The smallest absolute Gasteiger partial charge is 0.303 e. The van der Waals surface area contributed by atoms with Gasteiger partial charge >= 0.3 is 5.97 Å². The number of carboxylic acid groups (broad SMARTS) is 1. The van der Waals surface area contributed by atoms with Crippen molar-refractivity contribution in [2.24, 2.45) is 0 Å². The SMILES string of the molecule is CCCCCCCCC(=CCCCCCCCC(=O)O)N(O)O. The Morgan fingerprint density at radius 3 is 1.91 bits per heavy atom. The number of rotatable bonds is 16. The number of aliphatic carboxylic acids is 1. The molecule has 0 rings (SSSR count). The highest BCUT2D eigenvalue weighted by Crippen LogP contribution is 2.15. The highest BCUT2D eigenvalue weighted by Gasteiger charge is 2.03. The monoisotopic (exact) mass is 329 g/mol. The Hall–Kier alpha value is -1.07. The summed E-state index contributed by atoms with van der Waals surface area (Å²) in [6, 6.07) is 0. The van der Waals surface area contributed by atoms with E-state index >= 15 is 0 Å². The highest BCUT2D eigenvalue weighted by atomic mass is 16.8. The van der Waals surface area contributed by atoms with Crippen molar-refractivity contribution in [3.8, 4) is 0 Å². The van der Waals surface area contributed by atoms with Crippen LogP contribution < -0.4 is 0 Å². The third-order valence-electron chi connectivity index (χ3n) is 4.02. The van der Waals surface area contributed by atoms with Gasteiger partial charge in [-0.2, -0.15) is 0 Å². The van der Waals surface area contributed by atoms with Crippen molar-refractivity contribution in [3.05, 3.63) is 11.8 Å². The van der Waals surface area contributed by atoms with Crippen LogP contribution in [0.4, 0.5) is 0 Å². The molecule has 0 saturated carbocycles. The number of nitrogens with zero attached hydrogens (tertiary/aromatic N) is 1. The molecule has 136 valence electrons. The highest BCUT2D eigenvalue weighted by molar-refractivity contribution is 5.66. The van der Waals surface area contributed by atoms with Gasteiger partial charge in [0, 0.05) is 6.42 Å². The molecule has 0 heterocycles. The third-order valence-corrected chi connectivity index (χ3v) is 4.02. The summed E-state index contributed by atoms with van der Waals surface area (Å²) in [7, 11) is 0. The van der Waals surface area contributed by atoms with Crippen molar-refractivity contribution in [2.45, 2.75) is 96.8 Å². The lowest BCUT2D eigenvalue weighted by atomic mass is 10.1. The standard InChI is InChI=1S/C18H35NO4/c1-2-3-4-5-8-11-14-17(19(22)23)15-12-9-6-7-10-13-16-18(20)21/h15,22-23H,2-14,16H2,1H3,(H,20,21). The quantitative estimate of drug-likeness (QED) is 0.257. The largest absolute Gasteiger partial charge is 0.481 e. The second-order valence-electron chi connectivity index (χ2n) is 6.20. The molecule has 0 atom stereocenters. The molecule has 3 N–H and O–H groups in total. The van der Waals surface area contributed by atoms with Gasteiger partial charge in [-0.25, -0.2) is 0 Å². The molecule has 0 aromatic heterocycles. The Morgan fingerprint density at radius 2 is 1.35 bits per heavy atom. The molecule has 5 nitrogen and oxygen atoms in total. The molecule has 0 aromatic rings. The maximum atomic E-state index is 10.4. The number of hydrogen-bond acceptors (Lipinski definition) is 4. The van der Waals surface area contributed by atoms with Crippen LogP contribution in [-0.4, -0.2) is 26.7 Å². The molecule has 0 aliphatic carbocycles. The summed E-state index contributed by atoms with van der Waals surface area (Å²) in [5.74, 6) is -0.724. The summed E-state index contributed by atoms with van der Waals surface area (Å²) in [5.41, 5.74) is 0.589. The second kappa shape index (κ2) is 15.8. The van der Waals surface area contributed by atoms with Crippen LogP contribution >= 0.6 is 0 Å². The van der Waals surface area contributed by atoms with Crippen molar-refractivity contribution in [2.75, 3.05) is 0 Å². The minimum absolute atomic E-state index is 0.256. The number of carboxylic acids is 1. The molecule has 5 heteroatoms. The van der Waals surface area contributed by atoms with E-state index in [1.165, 1.54) is 25.7 Å². The lowest BCUT2D eigenvalue weighted by molar-refractivity contribution is -0.280. The zero-order valence-corrected chi connectivity index (χ0v) is 14.7. The van der Waals surface area contributed by atoms with E-state index < -0.39 is 5.97 Å². The first-order chi connectivity index (χ1) is 11.1. The number of unbranched alkanes of at least 4 members (excludes halogenated alkanes) is 10. The molecule has 0 bridgehead atoms. The predicted molar refractivity (Wildman–Crippen MR) is 91.4 cm³/mol. The second-order valence-corrected chi connectivity index (χ2v) is 6.20. The maximum Gasteiger partial charge on any atom is 0.303 e. The first kappa shape index (κ1) is 21.9. The fourth-order valence-electron chi connectivity index (χ4n) is 2.59. The van der Waals surface area contributed by atoms with E-state index in [1.54, 1.807) is 0 Å². The molecule has 0 aromatic carbocycles. The van der Waals surface area contributed by atoms with Crippen LogP contribution in [0.5, 0.6) is 0 Å². The third kappa shape index (κ3) is 15.6. The molecule has 0 aliphatic heterocycles. The molecule has 0 fully saturated rings. The summed E-state index contributed by atoms with van der Waals surface area (Å²) in [5, 5.41) is 27.3. The molecule has 0 amide bonds. The molecule has 0 unspecified atom stereocenters. The summed E-state index contributed by atoms with van der Waals surface area (Å²) in [6.45, 7) is 2.20. The van der Waals surface area contributed by atoms with Gasteiger partial charge in [-0.1, -0.05) is 64.4 Å². The molecular formula is C18H35NO4. The summed E-state index contributed by atoms with van der Waals surface area (Å²) in [6.07, 6.45) is 15.6. The molecule has 0 saturated heterocycles. The van der Waals surface area contributed by atoms with Crippen molar-refractivity contribution >= 4 is 5.97 Å². The maximum absolute atomic E-state index is 10.4. The van der Waals surface area contributed by atoms with Crippen LogP contribution in [0.3, 0.4) is 0 Å². The molecular weight excluding hydrogens is 294 g/mol. The summed E-state index contributed by atoms with van der Waals surface area (Å²) >= 11 is 0. The fraction of sp³-hybridized carbons (Fsp3) is 0.833. The van der Waals surface area contributed by atoms with Gasteiger partial charge in [0.2, 0.25) is 0 Å². The van der Waals surface area contributed by atoms with Crippen molar-refractivity contribution < 1.29 is 20.3 Å². The Balaban J connectivity index is 3.67. The minimum Gasteiger partial charge on any atom is -0.481 e. The van der Waals surface area contributed by atoms with E-state index in [0.29, 0.717) is 12.1 Å². The topological polar surface area (TPSA) is 81.0 Å². The van der Waals surface area contributed by atoms with E-state index in [2.05, 4.69) is 6.92 Å². The van der Waals surface area contributed by atoms with Crippen LogP contribution in [0.1, 0.15) is 96.8 Å². The van der Waals surface area contributed by atoms with Gasteiger partial charge in [-0.3, -0.25) is 15.2 Å². The molecule has 23 heavy (non-hydrogen) atoms. The Morgan fingerprint density at radius 1 is 0.826 bits per heavy atom. The lowest BCUT2D eigenvalue weighted by Crippen LogP contribution is -2.13. The van der Waals surface area contributed by atoms with Crippen molar-refractivity contribution in [3.63, 3.8) is 0 Å². The first-order valence-corrected chi connectivity index (χ1v) is 9.16. The fourth-order valence-corrected chi connectivity index (χ4v) is 2.59. The predicted octanol–water partition coefficient (Wildman–Crippen LogP) is 5.52. The van der Waals surface area contributed by atoms with Crippen LogP contribution in [0.2, 0.25) is 0 Å². The Labute approximate surface area is 140 Å². The normalized spacial score (nSPS) is 11.7. The zero-order chi connectivity index (χ0) is 17.3. The number of allylic oxidation sites excluding steroid dienone is 2. The van der Waals surface area contributed by atoms with Gasteiger partial charge < -0.3 is 5.11 Å². The van der Waals surface area contributed by atoms with Gasteiger partial charge in [0.25, 0.3) is 0 Å². The van der Waals surface area contributed by atoms with Crippen LogP contribution in [0.15, 0.2) is 11.8 Å². The van der Waals surface area contributed by atoms with E-state index in [0.717, 1.165) is 51.4 Å². The van der Waals surface area contributed by atoms with Gasteiger partial charge in [-0.15, -0.1) is 5.23 Å². The molecule has 0 aliphatic rings. The van der Waals surface area contributed by atoms with E-state index in [9.17, 15) is 15.2 Å². The Bertz CT molecular complexity index is 316. The van der Waals surface area contributed by atoms with Crippen LogP contribution in [-0.2, 0) is 4.79 Å². The number of hydroxylamine groups is 2. The average molecular weight is 329 g/mol. The van der Waals surface area contributed by atoms with E-state index in [4.69, 9.17) is 5.11 Å². The van der Waals surface area contributed by atoms with Gasteiger partial charge in [0.15, 0.2) is 0 Å². The van der Waals surface area contributed by atoms with Crippen LogP contribution in [0.25, 0.3) is 0 Å². The zero-order valence-electron chi connectivity index (χ0n) is 14.7. The minimum atomic E-state index is -0.724. The molecule has 0 spiro atoms. The van der Waals surface area contributed by atoms with Crippen LogP contribution in [0, 0.1) is 0 Å². The van der Waals surface area contributed by atoms with Gasteiger partial charge in [-0.05, 0) is 32.1 Å². The molecule has 0 radical (unpaired) electrons. The van der Waals surface area contributed by atoms with E-state index in [-0.39, 0.29) is 11.6 Å². The summed E-state index contributed by atoms with van der Waals surface area (Å²) < 4.78 is 0. The number of carbonyl (C=O) groups is 1. The van der Waals surface area contributed by atoms with Crippen molar-refractivity contribution in [1.82, 2.24) is 5.23 Å². The van der Waals surface area contributed by atoms with Gasteiger partial charge in [0.1, 0.15) is 0 Å². The summed E-state index contributed by atoms with van der Waals surface area (Å²) in [4.78, 5) is 10.4.